The van der Waals surface area contributed by atoms with Gasteiger partial charge in [-0.1, -0.05) is 160 Å². The van der Waals surface area contributed by atoms with Crippen LogP contribution in [0.25, 0.3) is 27.6 Å². The second-order valence-electron chi connectivity index (χ2n) is 13.0. The van der Waals surface area contributed by atoms with Gasteiger partial charge < -0.3 is 30.6 Å². The molecule has 0 saturated carbocycles. The maximum atomic E-state index is 7.61. The van der Waals surface area contributed by atoms with Gasteiger partial charge in [-0.2, -0.15) is 6.42 Å². The molecule has 4 rings (SSSR count). The minimum atomic E-state index is -0.415. The van der Waals surface area contributed by atoms with Gasteiger partial charge in [-0.05, 0) is 71.7 Å². The van der Waals surface area contributed by atoms with Crippen molar-refractivity contribution in [3.05, 3.63) is 128 Å². The smallest absolute Gasteiger partial charge is 0.697 e. The molecule has 0 amide bonds. The number of pyridine rings is 1. The van der Waals surface area contributed by atoms with Crippen molar-refractivity contribution < 1.29 is 34.7 Å². The number of benzene rings is 3. The third kappa shape index (κ3) is 26.8. The van der Waals surface area contributed by atoms with E-state index in [4.69, 9.17) is 11.5 Å². The summed E-state index contributed by atoms with van der Waals surface area (Å²) in [6, 6.07) is 26.5. The average Bonchev–Trinajstić information content (AvgIpc) is 3.10. The molecule has 6 heteroatoms. The molecule has 0 saturated heterocycles. The zero-order valence-electron chi connectivity index (χ0n) is 33.9. The molecular weight excluding hydrogens is 701 g/mol. The quantitative estimate of drug-likeness (QED) is 0.125. The van der Waals surface area contributed by atoms with Crippen LogP contribution >= 0.6 is 0 Å². The molecule has 0 spiro atoms. The van der Waals surface area contributed by atoms with Gasteiger partial charge in [0.2, 0.25) is 0 Å². The minimum absolute atomic E-state index is 0. The fourth-order valence-corrected chi connectivity index (χ4v) is 3.88. The third-order valence-electron chi connectivity index (χ3n) is 7.19. The average molecular weight is 772 g/mol. The molecule has 0 radical (unpaired) electrons. The second kappa shape index (κ2) is 33.3. The van der Waals surface area contributed by atoms with Crippen LogP contribution in [0.2, 0.25) is 0 Å². The Bertz CT molecular complexity index is 1370. The Morgan fingerprint density at radius 2 is 1.47 bits per heavy atom. The molecule has 284 valence electrons. The van der Waals surface area contributed by atoms with Crippen LogP contribution in [0.1, 0.15) is 119 Å². The van der Waals surface area contributed by atoms with Gasteiger partial charge in [-0.15, -0.1) is 0 Å². The van der Waals surface area contributed by atoms with E-state index in [2.05, 4.69) is 134 Å². The Kier molecular flexibility index (Phi) is 36.0. The summed E-state index contributed by atoms with van der Waals surface area (Å²) >= 11 is 0. The summed E-state index contributed by atoms with van der Waals surface area (Å²) in [4.78, 5) is 4.22. The van der Waals surface area contributed by atoms with Crippen LogP contribution in [0.4, 0.5) is 5.82 Å². The first kappa shape index (κ1) is 55.2. The van der Waals surface area contributed by atoms with Gasteiger partial charge in [0.25, 0.3) is 0 Å². The Balaban J connectivity index is -0.000000309. The molecule has 4 aromatic rings. The first-order valence-corrected chi connectivity index (χ1v) is 18.3. The zero-order valence-corrected chi connectivity index (χ0v) is 36.5. The van der Waals surface area contributed by atoms with Gasteiger partial charge in [0, 0.05) is 35.8 Å². The molecule has 1 unspecified atom stereocenters. The van der Waals surface area contributed by atoms with E-state index in [-0.39, 0.29) is 34.7 Å². The molecule has 0 fully saturated rings. The van der Waals surface area contributed by atoms with Gasteiger partial charge >= 0.3 is 17.4 Å². The van der Waals surface area contributed by atoms with E-state index >= 15 is 0 Å². The van der Waals surface area contributed by atoms with Gasteiger partial charge in [-0.3, -0.25) is 0 Å². The number of rotatable bonds is 10. The molecule has 0 aliphatic rings. The monoisotopic (exact) mass is 771 g/mol. The number of nitrogens with zero attached hydrogens (tertiary/aromatic N) is 1. The van der Waals surface area contributed by atoms with E-state index in [9.17, 15) is 0 Å². The molecule has 3 aromatic carbocycles. The van der Waals surface area contributed by atoms with E-state index in [0.29, 0.717) is 5.41 Å². The Hall–Kier alpha value is -2.57. The second-order valence-corrected chi connectivity index (χ2v) is 13.0. The Morgan fingerprint density at radius 3 is 1.94 bits per heavy atom. The summed E-state index contributed by atoms with van der Waals surface area (Å²) in [5, 5.41) is 5.79. The van der Waals surface area contributed by atoms with Crippen molar-refractivity contribution in [3.8, 4) is 11.1 Å². The third-order valence-corrected chi connectivity index (χ3v) is 7.19. The summed E-state index contributed by atoms with van der Waals surface area (Å²) in [5.41, 5.74) is 18.9. The first-order chi connectivity index (χ1) is 23.3. The normalized spacial score (nSPS) is 10.2. The zero-order chi connectivity index (χ0) is 37.8. The van der Waals surface area contributed by atoms with E-state index in [1.54, 1.807) is 0 Å². The Morgan fingerprint density at radius 1 is 0.922 bits per heavy atom. The van der Waals surface area contributed by atoms with Crippen LogP contribution in [0.5, 0.6) is 0 Å². The summed E-state index contributed by atoms with van der Waals surface area (Å²) in [5.74, 6) is 1.78. The summed E-state index contributed by atoms with van der Waals surface area (Å²) in [7, 11) is 0. The minimum Gasteiger partial charge on any atom is -0.697 e. The van der Waals surface area contributed by atoms with Crippen molar-refractivity contribution in [2.45, 2.75) is 114 Å². The predicted octanol–water partition coefficient (Wildman–Crippen LogP) is 14.2. The number of aryl methyl sites for hydroxylation is 1. The number of hydrogen-bond donors (Lipinski definition) is 2. The van der Waals surface area contributed by atoms with Crippen molar-refractivity contribution in [1.82, 2.24) is 4.98 Å². The molecule has 4 nitrogen and oxygen atoms in total. The van der Waals surface area contributed by atoms with Crippen molar-refractivity contribution in [1.29, 1.82) is 0 Å². The van der Waals surface area contributed by atoms with Crippen LogP contribution in [0.3, 0.4) is 0 Å². The van der Waals surface area contributed by atoms with E-state index in [1.165, 1.54) is 33.9 Å². The first-order valence-electron chi connectivity index (χ1n) is 18.3. The molecule has 1 aromatic heterocycles. The van der Waals surface area contributed by atoms with Gasteiger partial charge in [0.15, 0.2) is 0 Å². The summed E-state index contributed by atoms with van der Waals surface area (Å²) < 4.78 is 0. The van der Waals surface area contributed by atoms with Crippen LogP contribution in [0, 0.1) is 32.1 Å². The maximum Gasteiger partial charge on any atom is 2.00 e. The number of nitrogens with one attached hydrogen (secondary N) is 2. The standard InChI is InChI=1S/C18H15N.C12H19N3.C7H15.C4H10.2C2H6.2Cr/c1-13(19)14-9-11-16(12-10-14)18-8-4-6-15-5-2-3-7-17(15)18;1-10-6-8-15-12(9-10)14-7-4-3-5-11(2)13;1-5-7(3,4)6-2;1-4(2)3;2*1-2;;/h2-13,19H,1H2;6,8-9H,2-5,7,13H2,1H3,(H,14,15);1,5-6H2,2-4H3;4H,1-3H3;2*1-2H3;;/q-2;;-1;;;;;+2. The van der Waals surface area contributed by atoms with Crippen LogP contribution < -0.4 is 11.1 Å². The fourth-order valence-electron chi connectivity index (χ4n) is 3.88. The molecule has 4 N–H and O–H groups in total. The molecule has 0 aliphatic carbocycles. The van der Waals surface area contributed by atoms with Crippen molar-refractivity contribution in [3.63, 3.8) is 0 Å². The maximum absolute atomic E-state index is 7.61. The SMILES string of the molecule is C=C(N)CCCCNc1cc(C)ccn1.CC.CC.CC(C)C.[CH2-]C([NH-])c1ccc(-c2cccc3ccccc23)cc1.[CH2-]CC(C)(C)CC.[Cr+2].[Cr]. The number of unbranched alkanes of at least 4 members (excludes halogenated alkanes) is 1. The fraction of sp³-hybridized carbons (Fsp3) is 0.444. The van der Waals surface area contributed by atoms with Crippen molar-refractivity contribution >= 4 is 16.6 Å². The van der Waals surface area contributed by atoms with Crippen molar-refractivity contribution in [2.75, 3.05) is 11.9 Å². The summed E-state index contributed by atoms with van der Waals surface area (Å²) in [6.07, 6.45) is 7.17. The van der Waals surface area contributed by atoms with Crippen LogP contribution in [-0.4, -0.2) is 11.5 Å². The molecule has 1 heterocycles. The van der Waals surface area contributed by atoms with E-state index < -0.39 is 6.04 Å². The van der Waals surface area contributed by atoms with Crippen molar-refractivity contribution in [2.24, 2.45) is 17.1 Å². The molecule has 0 aliphatic heterocycles. The molecule has 1 atom stereocenters. The van der Waals surface area contributed by atoms with E-state index in [0.717, 1.165) is 55.2 Å². The van der Waals surface area contributed by atoms with Gasteiger partial charge in [-0.25, -0.2) is 11.0 Å². The Labute approximate surface area is 337 Å². The van der Waals surface area contributed by atoms with Gasteiger partial charge in [0.1, 0.15) is 5.82 Å². The number of fused-ring (bicyclic) bond motifs is 1. The van der Waals surface area contributed by atoms with Crippen LogP contribution in [-0.2, 0) is 34.7 Å². The predicted molar refractivity (Wildman–Crippen MR) is 224 cm³/mol. The summed E-state index contributed by atoms with van der Waals surface area (Å²) in [6.45, 7) is 35.4. The largest absolute Gasteiger partial charge is 2.00 e. The topological polar surface area (TPSA) is 74.7 Å². The molecular formula is C45H71Cr2N4-. The van der Waals surface area contributed by atoms with E-state index in [1.807, 2.05) is 58.2 Å². The molecule has 51 heavy (non-hydrogen) atoms. The van der Waals surface area contributed by atoms with Gasteiger partial charge in [0.05, 0.1) is 0 Å². The number of nitrogens with two attached hydrogens (primary N) is 1. The molecule has 0 bridgehead atoms. The number of anilines is 1. The van der Waals surface area contributed by atoms with Crippen LogP contribution in [0.15, 0.2) is 97.3 Å². The number of hydrogen-bond acceptors (Lipinski definition) is 3. The number of aromatic nitrogens is 1. The number of allylic oxidation sites excluding steroid dienone is 1.